The van der Waals surface area contributed by atoms with Crippen molar-refractivity contribution in [3.8, 4) is 11.5 Å². The molecule has 0 aliphatic heterocycles. The van der Waals surface area contributed by atoms with Crippen LogP contribution in [-0.4, -0.2) is 26.6 Å². The van der Waals surface area contributed by atoms with Crippen LogP contribution >= 0.6 is 0 Å². The molecule has 174 valence electrons. The number of hydrogen-bond donors (Lipinski definition) is 1. The molecule has 0 aliphatic rings. The van der Waals surface area contributed by atoms with E-state index < -0.39 is 33.7 Å². The van der Waals surface area contributed by atoms with E-state index in [1.54, 1.807) is 24.3 Å². The summed E-state index contributed by atoms with van der Waals surface area (Å²) in [5.74, 6) is 0.375. The highest BCUT2D eigenvalue weighted by Gasteiger charge is 2.31. The second-order valence-electron chi connectivity index (χ2n) is 7.21. The highest BCUT2D eigenvalue weighted by molar-refractivity contribution is 7.92. The normalized spacial score (nSPS) is 12.6. The molecule has 0 fully saturated rings. The number of hydrogen-bond acceptors (Lipinski definition) is 4. The third-order valence-corrected chi connectivity index (χ3v) is 5.88. The first-order valence-corrected chi connectivity index (χ1v) is 11.6. The molecule has 0 aliphatic carbocycles. The first-order valence-electron chi connectivity index (χ1n) is 9.75. The van der Waals surface area contributed by atoms with Crippen molar-refractivity contribution in [2.24, 2.45) is 0 Å². The maximum atomic E-state index is 12.7. The molecule has 33 heavy (non-hydrogen) atoms. The lowest BCUT2D eigenvalue weighted by atomic mass is 10.2. The van der Waals surface area contributed by atoms with Gasteiger partial charge in [0.05, 0.1) is 17.5 Å². The molecule has 0 heterocycles. The fraction of sp³-hybridized carbons (Fsp3) is 0.174. The van der Waals surface area contributed by atoms with Crippen molar-refractivity contribution in [2.75, 3.05) is 15.9 Å². The molecule has 3 rings (SSSR count). The molecule has 10 heteroatoms. The van der Waals surface area contributed by atoms with Gasteiger partial charge in [0.25, 0.3) is 0 Å². The number of benzene rings is 3. The zero-order chi connectivity index (χ0) is 24.2. The summed E-state index contributed by atoms with van der Waals surface area (Å²) in [6.45, 7) is 1.38. The Bertz CT molecular complexity index is 1200. The van der Waals surface area contributed by atoms with Crippen LogP contribution < -0.4 is 14.4 Å². The minimum absolute atomic E-state index is 0.111. The highest BCUT2D eigenvalue weighted by atomic mass is 32.2. The number of carbonyl (C=O) groups excluding carboxylic acids is 1. The van der Waals surface area contributed by atoms with E-state index in [0.29, 0.717) is 11.5 Å². The maximum Gasteiger partial charge on any atom is 0.416 e. The Balaban J connectivity index is 1.77. The SMILES string of the molecule is C[C@H](C(=O)Nc1ccc(C(F)(F)F)cc1)N(c1ccc(Oc2ccccc2)cc1)S(C)(=O)=O. The van der Waals surface area contributed by atoms with Gasteiger partial charge in [-0.1, -0.05) is 18.2 Å². The standard InChI is InChI=1S/C23H21F3N2O4S/c1-16(22(29)27-18-10-8-17(9-11-18)23(24,25)26)28(33(2,30)31)19-12-14-21(15-13-19)32-20-6-4-3-5-7-20/h3-16H,1-2H3,(H,27,29)/t16-/m1/s1. The van der Waals surface area contributed by atoms with Gasteiger partial charge in [0.2, 0.25) is 15.9 Å². The summed E-state index contributed by atoms with van der Waals surface area (Å²) in [6.07, 6.45) is -3.54. The van der Waals surface area contributed by atoms with Gasteiger partial charge in [-0.2, -0.15) is 13.2 Å². The predicted octanol–water partition coefficient (Wildman–Crippen LogP) is 5.29. The topological polar surface area (TPSA) is 75.7 Å². The second kappa shape index (κ2) is 9.53. The van der Waals surface area contributed by atoms with Crippen LogP contribution in [0.4, 0.5) is 24.5 Å². The van der Waals surface area contributed by atoms with Crippen molar-refractivity contribution in [1.82, 2.24) is 0 Å². The summed E-state index contributed by atoms with van der Waals surface area (Å²) in [4.78, 5) is 12.7. The third kappa shape index (κ3) is 6.26. The van der Waals surface area contributed by atoms with Gasteiger partial charge in [-0.05, 0) is 67.6 Å². The third-order valence-electron chi connectivity index (χ3n) is 4.64. The Morgan fingerprint density at radius 3 is 1.97 bits per heavy atom. The van der Waals surface area contributed by atoms with Crippen molar-refractivity contribution in [3.05, 3.63) is 84.4 Å². The van der Waals surface area contributed by atoms with Crippen molar-refractivity contribution >= 4 is 27.3 Å². The van der Waals surface area contributed by atoms with Crippen LogP contribution in [0.2, 0.25) is 0 Å². The monoisotopic (exact) mass is 478 g/mol. The molecule has 3 aromatic rings. The summed E-state index contributed by atoms with van der Waals surface area (Å²) in [5.41, 5.74) is -0.517. The minimum Gasteiger partial charge on any atom is -0.457 e. The van der Waals surface area contributed by atoms with Crippen molar-refractivity contribution in [2.45, 2.75) is 19.1 Å². The Morgan fingerprint density at radius 1 is 0.909 bits per heavy atom. The van der Waals surface area contributed by atoms with Crippen LogP contribution in [0.15, 0.2) is 78.9 Å². The molecule has 0 saturated heterocycles. The van der Waals surface area contributed by atoms with Gasteiger partial charge in [0.1, 0.15) is 17.5 Å². The number of carbonyl (C=O) groups is 1. The number of ether oxygens (including phenoxy) is 1. The number of rotatable bonds is 7. The number of halogens is 3. The lowest BCUT2D eigenvalue weighted by Crippen LogP contribution is -2.45. The molecular formula is C23H21F3N2O4S. The Hall–Kier alpha value is -3.53. The number of amides is 1. The van der Waals surface area contributed by atoms with E-state index in [-0.39, 0.29) is 11.4 Å². The molecule has 0 spiro atoms. The van der Waals surface area contributed by atoms with Crippen molar-refractivity contribution in [1.29, 1.82) is 0 Å². The fourth-order valence-corrected chi connectivity index (χ4v) is 4.26. The first-order chi connectivity index (χ1) is 15.4. The van der Waals surface area contributed by atoms with Gasteiger partial charge in [0, 0.05) is 5.69 Å². The zero-order valence-corrected chi connectivity index (χ0v) is 18.5. The van der Waals surface area contributed by atoms with Gasteiger partial charge < -0.3 is 10.1 Å². The number of sulfonamides is 1. The van der Waals surface area contributed by atoms with E-state index in [0.717, 1.165) is 34.8 Å². The fourth-order valence-electron chi connectivity index (χ4n) is 3.08. The predicted molar refractivity (Wildman–Crippen MR) is 120 cm³/mol. The summed E-state index contributed by atoms with van der Waals surface area (Å²) < 4.78 is 69.7. The van der Waals surface area contributed by atoms with Crippen molar-refractivity contribution < 1.29 is 31.1 Å². The molecule has 6 nitrogen and oxygen atoms in total. The number of alkyl halides is 3. The van der Waals surface area contributed by atoms with E-state index in [1.807, 2.05) is 18.2 Å². The summed E-state index contributed by atoms with van der Waals surface area (Å²) in [6, 6.07) is 17.8. The average molecular weight is 478 g/mol. The maximum absolute atomic E-state index is 12.7. The number of nitrogens with zero attached hydrogens (tertiary/aromatic N) is 1. The first kappa shape index (κ1) is 24.1. The van der Waals surface area contributed by atoms with Crippen LogP contribution in [0.3, 0.4) is 0 Å². The summed E-state index contributed by atoms with van der Waals surface area (Å²) in [5, 5.41) is 2.45. The van der Waals surface area contributed by atoms with Crippen LogP contribution in [0, 0.1) is 0 Å². The van der Waals surface area contributed by atoms with Crippen molar-refractivity contribution in [3.63, 3.8) is 0 Å². The van der Waals surface area contributed by atoms with Gasteiger partial charge in [0.15, 0.2) is 0 Å². The number of nitrogens with one attached hydrogen (secondary N) is 1. The quantitative estimate of drug-likeness (QED) is 0.501. The molecule has 0 bridgehead atoms. The lowest BCUT2D eigenvalue weighted by Gasteiger charge is -2.28. The van der Waals surface area contributed by atoms with Gasteiger partial charge in [-0.15, -0.1) is 0 Å². The Kier molecular flexibility index (Phi) is 6.97. The van der Waals surface area contributed by atoms with Gasteiger partial charge in [-0.25, -0.2) is 8.42 Å². The van der Waals surface area contributed by atoms with Gasteiger partial charge >= 0.3 is 6.18 Å². The van der Waals surface area contributed by atoms with Crippen LogP contribution in [0.25, 0.3) is 0 Å². The van der Waals surface area contributed by atoms with Crippen LogP contribution in [0.5, 0.6) is 11.5 Å². The molecule has 3 aromatic carbocycles. The largest absolute Gasteiger partial charge is 0.457 e. The molecule has 0 aromatic heterocycles. The highest BCUT2D eigenvalue weighted by Crippen LogP contribution is 2.30. The van der Waals surface area contributed by atoms with E-state index >= 15 is 0 Å². The number of anilines is 2. The summed E-state index contributed by atoms with van der Waals surface area (Å²) >= 11 is 0. The molecule has 0 radical (unpaired) electrons. The van der Waals surface area contributed by atoms with Crippen LogP contribution in [0.1, 0.15) is 12.5 Å². The molecule has 1 atom stereocenters. The molecule has 0 saturated carbocycles. The van der Waals surface area contributed by atoms with E-state index in [2.05, 4.69) is 5.32 Å². The minimum atomic E-state index is -4.50. The zero-order valence-electron chi connectivity index (χ0n) is 17.7. The lowest BCUT2D eigenvalue weighted by molar-refractivity contribution is -0.137. The average Bonchev–Trinajstić information content (AvgIpc) is 2.74. The van der Waals surface area contributed by atoms with E-state index in [1.165, 1.54) is 19.1 Å². The van der Waals surface area contributed by atoms with E-state index in [9.17, 15) is 26.4 Å². The van der Waals surface area contributed by atoms with E-state index in [4.69, 9.17) is 4.74 Å². The second-order valence-corrected chi connectivity index (χ2v) is 9.07. The summed E-state index contributed by atoms with van der Waals surface area (Å²) in [7, 11) is -3.87. The molecule has 1 amide bonds. The van der Waals surface area contributed by atoms with Crippen LogP contribution in [-0.2, 0) is 21.0 Å². The van der Waals surface area contributed by atoms with Gasteiger partial charge in [-0.3, -0.25) is 9.10 Å². The Morgan fingerprint density at radius 2 is 1.45 bits per heavy atom. The number of para-hydroxylation sites is 1. The smallest absolute Gasteiger partial charge is 0.416 e. The molecule has 1 N–H and O–H groups in total. The molecular weight excluding hydrogens is 457 g/mol. The molecule has 0 unspecified atom stereocenters. The Labute approximate surface area is 189 Å².